The van der Waals surface area contributed by atoms with Crippen LogP contribution in [0, 0.1) is 0 Å². The molecule has 31 heavy (non-hydrogen) atoms. The van der Waals surface area contributed by atoms with Crippen molar-refractivity contribution in [1.82, 2.24) is 24.8 Å². The third-order valence-corrected chi connectivity index (χ3v) is 4.99. The Morgan fingerprint density at radius 3 is 2.71 bits per heavy atom. The summed E-state index contributed by atoms with van der Waals surface area (Å²) in [5, 5.41) is 0. The zero-order valence-corrected chi connectivity index (χ0v) is 17.4. The molecule has 4 rings (SSSR count). The maximum Gasteiger partial charge on any atom is 0.263 e. The molecule has 3 aromatic rings. The van der Waals surface area contributed by atoms with Gasteiger partial charge in [-0.25, -0.2) is 9.97 Å². The van der Waals surface area contributed by atoms with Gasteiger partial charge in [-0.3, -0.25) is 14.6 Å². The summed E-state index contributed by atoms with van der Waals surface area (Å²) in [6.45, 7) is 4.88. The van der Waals surface area contributed by atoms with E-state index in [2.05, 4.69) is 19.9 Å². The zero-order valence-electron chi connectivity index (χ0n) is 17.4. The Morgan fingerprint density at radius 1 is 1.23 bits per heavy atom. The summed E-state index contributed by atoms with van der Waals surface area (Å²) in [5.41, 5.74) is 1.42. The van der Waals surface area contributed by atoms with Gasteiger partial charge in [-0.15, -0.1) is 0 Å². The Morgan fingerprint density at radius 2 is 2.00 bits per heavy atom. The second kappa shape index (κ2) is 8.95. The molecule has 1 amide bonds. The standard InChI is InChI=1S/C22H23N5O4/c1-3-30-15-4-6-16(7-5-15)31-14(2)22(29)27-11-8-17-19(13-27)25-20(26-21(17)28)18-12-23-9-10-24-18/h4-7,9-10,12,14H,3,8,11,13H2,1-2H3,(H,25,26,28)/t14-/m0/s1. The molecule has 3 heterocycles. The summed E-state index contributed by atoms with van der Waals surface area (Å²) < 4.78 is 11.2. The van der Waals surface area contributed by atoms with Crippen molar-refractivity contribution < 1.29 is 14.3 Å². The van der Waals surface area contributed by atoms with Crippen LogP contribution in [-0.4, -0.2) is 50.0 Å². The molecule has 160 valence electrons. The number of fused-ring (bicyclic) bond motifs is 1. The maximum atomic E-state index is 13.0. The molecule has 1 aliphatic heterocycles. The predicted molar refractivity (Wildman–Crippen MR) is 113 cm³/mol. The van der Waals surface area contributed by atoms with E-state index in [4.69, 9.17) is 9.47 Å². The van der Waals surface area contributed by atoms with Gasteiger partial charge >= 0.3 is 0 Å². The Hall–Kier alpha value is -3.75. The summed E-state index contributed by atoms with van der Waals surface area (Å²) in [6, 6.07) is 7.15. The molecule has 2 aromatic heterocycles. The average molecular weight is 421 g/mol. The van der Waals surface area contributed by atoms with Gasteiger partial charge in [0, 0.05) is 24.5 Å². The summed E-state index contributed by atoms with van der Waals surface area (Å²) in [6.07, 6.45) is 4.36. The van der Waals surface area contributed by atoms with Gasteiger partial charge in [0.1, 0.15) is 17.2 Å². The van der Waals surface area contributed by atoms with Crippen molar-refractivity contribution >= 4 is 5.91 Å². The van der Waals surface area contributed by atoms with E-state index in [-0.39, 0.29) is 18.0 Å². The van der Waals surface area contributed by atoms with Crippen LogP contribution >= 0.6 is 0 Å². The number of carbonyl (C=O) groups excluding carboxylic acids is 1. The maximum absolute atomic E-state index is 13.0. The smallest absolute Gasteiger partial charge is 0.263 e. The van der Waals surface area contributed by atoms with Crippen molar-refractivity contribution in [3.8, 4) is 23.0 Å². The molecule has 0 saturated carbocycles. The van der Waals surface area contributed by atoms with E-state index in [1.54, 1.807) is 42.3 Å². The van der Waals surface area contributed by atoms with Crippen LogP contribution in [0.1, 0.15) is 25.1 Å². The fraction of sp³-hybridized carbons (Fsp3) is 0.318. The van der Waals surface area contributed by atoms with Crippen LogP contribution < -0.4 is 15.0 Å². The van der Waals surface area contributed by atoms with Crippen molar-refractivity contribution in [2.24, 2.45) is 0 Å². The first-order chi connectivity index (χ1) is 15.0. The van der Waals surface area contributed by atoms with Crippen molar-refractivity contribution in [1.29, 1.82) is 0 Å². The minimum Gasteiger partial charge on any atom is -0.494 e. The van der Waals surface area contributed by atoms with E-state index in [0.717, 1.165) is 5.75 Å². The van der Waals surface area contributed by atoms with E-state index in [1.165, 1.54) is 12.4 Å². The molecule has 0 radical (unpaired) electrons. The number of aromatic nitrogens is 4. The van der Waals surface area contributed by atoms with E-state index in [0.29, 0.717) is 48.1 Å². The first-order valence-corrected chi connectivity index (χ1v) is 10.1. The van der Waals surface area contributed by atoms with Gasteiger partial charge in [0.25, 0.3) is 11.5 Å². The van der Waals surface area contributed by atoms with Crippen LogP contribution in [-0.2, 0) is 17.8 Å². The van der Waals surface area contributed by atoms with Gasteiger partial charge in [-0.05, 0) is 44.5 Å². The normalized spacial score (nSPS) is 13.9. The molecule has 0 bridgehead atoms. The van der Waals surface area contributed by atoms with Crippen LogP contribution in [0.3, 0.4) is 0 Å². The van der Waals surface area contributed by atoms with Gasteiger partial charge < -0.3 is 19.4 Å². The van der Waals surface area contributed by atoms with Gasteiger partial charge in [-0.1, -0.05) is 0 Å². The number of H-pyrrole nitrogens is 1. The van der Waals surface area contributed by atoms with Crippen molar-refractivity contribution in [3.05, 3.63) is 64.5 Å². The molecule has 0 fully saturated rings. The summed E-state index contributed by atoms with van der Waals surface area (Å²) in [7, 11) is 0. The van der Waals surface area contributed by atoms with Gasteiger partial charge in [0.2, 0.25) is 0 Å². The zero-order chi connectivity index (χ0) is 21.8. The number of hydrogen-bond acceptors (Lipinski definition) is 7. The number of nitrogens with zero attached hydrogens (tertiary/aromatic N) is 4. The number of benzene rings is 1. The third-order valence-electron chi connectivity index (χ3n) is 4.99. The Bertz CT molecular complexity index is 1110. The van der Waals surface area contributed by atoms with Gasteiger partial charge in [0.15, 0.2) is 11.9 Å². The molecule has 1 aliphatic rings. The Balaban J connectivity index is 1.48. The van der Waals surface area contributed by atoms with Crippen LogP contribution in [0.15, 0.2) is 47.7 Å². The molecule has 1 aromatic carbocycles. The first kappa shape index (κ1) is 20.5. The minimum atomic E-state index is -0.680. The lowest BCUT2D eigenvalue weighted by Crippen LogP contribution is -2.44. The number of aromatic amines is 1. The lowest BCUT2D eigenvalue weighted by Gasteiger charge is -2.30. The molecule has 9 nitrogen and oxygen atoms in total. The molecule has 0 unspecified atom stereocenters. The fourth-order valence-electron chi connectivity index (χ4n) is 3.46. The molecule has 9 heteroatoms. The Kier molecular flexibility index (Phi) is 5.92. The molecular formula is C22H23N5O4. The highest BCUT2D eigenvalue weighted by molar-refractivity contribution is 5.81. The summed E-state index contributed by atoms with van der Waals surface area (Å²) >= 11 is 0. The number of nitrogens with one attached hydrogen (secondary N) is 1. The SMILES string of the molecule is CCOc1ccc(O[C@@H](C)C(=O)N2CCc3c(nc(-c4cnccn4)[nH]c3=O)C2)cc1. The molecule has 0 aliphatic carbocycles. The second-order valence-electron chi connectivity index (χ2n) is 7.10. The van der Waals surface area contributed by atoms with Gasteiger partial charge in [0.05, 0.1) is 25.0 Å². The number of carbonyl (C=O) groups is 1. The highest BCUT2D eigenvalue weighted by atomic mass is 16.5. The Labute approximate surface area is 179 Å². The number of ether oxygens (including phenoxy) is 2. The number of rotatable bonds is 6. The molecule has 0 spiro atoms. The van der Waals surface area contributed by atoms with Crippen molar-refractivity contribution in [2.75, 3.05) is 13.2 Å². The van der Waals surface area contributed by atoms with Crippen LogP contribution in [0.25, 0.3) is 11.5 Å². The van der Waals surface area contributed by atoms with Crippen molar-refractivity contribution in [2.45, 2.75) is 32.9 Å². The number of hydrogen-bond donors (Lipinski definition) is 1. The molecular weight excluding hydrogens is 398 g/mol. The molecule has 1 N–H and O–H groups in total. The van der Waals surface area contributed by atoms with E-state index < -0.39 is 6.10 Å². The number of amides is 1. The minimum absolute atomic E-state index is 0.164. The highest BCUT2D eigenvalue weighted by Gasteiger charge is 2.28. The van der Waals surface area contributed by atoms with E-state index >= 15 is 0 Å². The second-order valence-corrected chi connectivity index (χ2v) is 7.10. The third kappa shape index (κ3) is 4.55. The predicted octanol–water partition coefficient (Wildman–Crippen LogP) is 1.98. The first-order valence-electron chi connectivity index (χ1n) is 10.1. The van der Waals surface area contributed by atoms with Gasteiger partial charge in [-0.2, -0.15) is 0 Å². The summed E-state index contributed by atoms with van der Waals surface area (Å²) in [5.74, 6) is 1.50. The summed E-state index contributed by atoms with van der Waals surface area (Å²) in [4.78, 5) is 42.6. The fourth-order valence-corrected chi connectivity index (χ4v) is 3.46. The highest BCUT2D eigenvalue weighted by Crippen LogP contribution is 2.21. The quantitative estimate of drug-likeness (QED) is 0.648. The largest absolute Gasteiger partial charge is 0.494 e. The molecule has 1 atom stereocenters. The molecule has 0 saturated heterocycles. The van der Waals surface area contributed by atoms with E-state index in [9.17, 15) is 9.59 Å². The monoisotopic (exact) mass is 421 g/mol. The van der Waals surface area contributed by atoms with Crippen LogP contribution in [0.2, 0.25) is 0 Å². The lowest BCUT2D eigenvalue weighted by molar-refractivity contribution is -0.139. The average Bonchev–Trinajstić information content (AvgIpc) is 2.80. The lowest BCUT2D eigenvalue weighted by atomic mass is 10.1. The topological polar surface area (TPSA) is 110 Å². The van der Waals surface area contributed by atoms with Crippen LogP contribution in [0.4, 0.5) is 0 Å². The van der Waals surface area contributed by atoms with Crippen LogP contribution in [0.5, 0.6) is 11.5 Å². The van der Waals surface area contributed by atoms with E-state index in [1.807, 2.05) is 6.92 Å². The van der Waals surface area contributed by atoms with Crippen molar-refractivity contribution in [3.63, 3.8) is 0 Å².